The van der Waals surface area contributed by atoms with E-state index in [2.05, 4.69) is 15.6 Å². The van der Waals surface area contributed by atoms with Gasteiger partial charge in [-0.1, -0.05) is 12.1 Å². The molecule has 1 heterocycles. The van der Waals surface area contributed by atoms with Crippen molar-refractivity contribution in [1.29, 1.82) is 0 Å². The van der Waals surface area contributed by atoms with Gasteiger partial charge in [0.25, 0.3) is 0 Å². The van der Waals surface area contributed by atoms with Gasteiger partial charge in [-0.2, -0.15) is 0 Å². The quantitative estimate of drug-likeness (QED) is 0.752. The number of hydrogen-bond donors (Lipinski definition) is 3. The fourth-order valence-electron chi connectivity index (χ4n) is 1.92. The van der Waals surface area contributed by atoms with Gasteiger partial charge in [-0.05, 0) is 31.0 Å². The van der Waals surface area contributed by atoms with E-state index in [1.54, 1.807) is 12.5 Å². The summed E-state index contributed by atoms with van der Waals surface area (Å²) in [5.41, 5.74) is 2.04. The van der Waals surface area contributed by atoms with Crippen LogP contribution < -0.4 is 10.6 Å². The van der Waals surface area contributed by atoms with Gasteiger partial charge in [-0.3, -0.25) is 0 Å². The molecule has 0 radical (unpaired) electrons. The molecular formula is C15H20N4O2. The highest BCUT2D eigenvalue weighted by molar-refractivity contribution is 5.74. The predicted molar refractivity (Wildman–Crippen MR) is 80.1 cm³/mol. The first-order chi connectivity index (χ1) is 10.2. The summed E-state index contributed by atoms with van der Waals surface area (Å²) in [6.45, 7) is 2.38. The normalized spacial score (nSPS) is 11.9. The van der Waals surface area contributed by atoms with Crippen LogP contribution in [0.15, 0.2) is 43.0 Å². The van der Waals surface area contributed by atoms with Gasteiger partial charge in [0.2, 0.25) is 0 Å². The van der Waals surface area contributed by atoms with Gasteiger partial charge in [-0.15, -0.1) is 0 Å². The first-order valence-electron chi connectivity index (χ1n) is 6.91. The van der Waals surface area contributed by atoms with Crippen molar-refractivity contribution in [3.8, 4) is 5.69 Å². The molecule has 0 fully saturated rings. The van der Waals surface area contributed by atoms with E-state index in [1.165, 1.54) is 0 Å². The van der Waals surface area contributed by atoms with Gasteiger partial charge in [0.05, 0.1) is 6.33 Å². The monoisotopic (exact) mass is 288 g/mol. The summed E-state index contributed by atoms with van der Waals surface area (Å²) < 4.78 is 1.92. The maximum Gasteiger partial charge on any atom is 0.315 e. The third-order valence-electron chi connectivity index (χ3n) is 3.13. The van der Waals surface area contributed by atoms with Crippen LogP contribution in [0.1, 0.15) is 18.9 Å². The van der Waals surface area contributed by atoms with Crippen molar-refractivity contribution in [1.82, 2.24) is 20.2 Å². The van der Waals surface area contributed by atoms with Gasteiger partial charge in [0.1, 0.15) is 0 Å². The summed E-state index contributed by atoms with van der Waals surface area (Å²) in [6, 6.07) is 7.61. The molecule has 3 N–H and O–H groups in total. The minimum absolute atomic E-state index is 0.0429. The molecule has 2 rings (SSSR count). The summed E-state index contributed by atoms with van der Waals surface area (Å²) in [6.07, 6.45) is 5.90. The van der Waals surface area contributed by atoms with E-state index in [0.717, 1.165) is 11.3 Å². The lowest BCUT2D eigenvalue weighted by Gasteiger charge is -2.13. The summed E-state index contributed by atoms with van der Waals surface area (Å²) in [5, 5.41) is 14.3. The summed E-state index contributed by atoms with van der Waals surface area (Å²) >= 11 is 0. The zero-order valence-corrected chi connectivity index (χ0v) is 12.0. The lowest BCUT2D eigenvalue weighted by atomic mass is 10.2. The number of hydrogen-bond acceptors (Lipinski definition) is 3. The molecule has 0 spiro atoms. The van der Waals surface area contributed by atoms with Gasteiger partial charge in [-0.25, -0.2) is 9.78 Å². The maximum atomic E-state index is 11.6. The molecular weight excluding hydrogens is 268 g/mol. The zero-order valence-electron chi connectivity index (χ0n) is 12.0. The van der Waals surface area contributed by atoms with Crippen molar-refractivity contribution in [3.05, 3.63) is 48.5 Å². The molecule has 6 heteroatoms. The number of nitrogens with one attached hydrogen (secondary N) is 2. The molecule has 2 amide bonds. The second-order valence-electron chi connectivity index (χ2n) is 4.88. The van der Waals surface area contributed by atoms with Gasteiger partial charge in [0, 0.05) is 37.3 Å². The fraction of sp³-hybridized carbons (Fsp3) is 0.333. The van der Waals surface area contributed by atoms with Crippen molar-refractivity contribution in [2.75, 3.05) is 6.61 Å². The Balaban J connectivity index is 1.82. The highest BCUT2D eigenvalue weighted by Crippen LogP contribution is 2.09. The molecule has 0 saturated heterocycles. The molecule has 21 heavy (non-hydrogen) atoms. The molecule has 0 bridgehead atoms. The molecule has 112 valence electrons. The van der Waals surface area contributed by atoms with Crippen LogP contribution >= 0.6 is 0 Å². The van der Waals surface area contributed by atoms with Crippen LogP contribution in [-0.2, 0) is 6.54 Å². The largest absolute Gasteiger partial charge is 0.396 e. The van der Waals surface area contributed by atoms with E-state index in [0.29, 0.717) is 13.0 Å². The average Bonchev–Trinajstić information content (AvgIpc) is 3.00. The van der Waals surface area contributed by atoms with E-state index >= 15 is 0 Å². The molecule has 0 aliphatic heterocycles. The highest BCUT2D eigenvalue weighted by Gasteiger charge is 2.06. The topological polar surface area (TPSA) is 79.2 Å². The Hall–Kier alpha value is -2.34. The second-order valence-corrected chi connectivity index (χ2v) is 4.88. The number of carbonyl (C=O) groups is 1. The minimum atomic E-state index is -0.227. The number of aromatic nitrogens is 2. The number of rotatable bonds is 6. The van der Waals surface area contributed by atoms with Crippen molar-refractivity contribution in [3.63, 3.8) is 0 Å². The number of imidazole rings is 1. The average molecular weight is 288 g/mol. The lowest BCUT2D eigenvalue weighted by Crippen LogP contribution is -2.40. The van der Waals surface area contributed by atoms with Crippen molar-refractivity contribution < 1.29 is 9.90 Å². The van der Waals surface area contributed by atoms with E-state index in [9.17, 15) is 4.79 Å². The Kier molecular flexibility index (Phi) is 5.34. The Morgan fingerprint density at radius 3 is 2.76 bits per heavy atom. The summed E-state index contributed by atoms with van der Waals surface area (Å²) in [4.78, 5) is 15.6. The number of aliphatic hydroxyl groups excluding tert-OH is 1. The van der Waals surface area contributed by atoms with E-state index < -0.39 is 0 Å². The Morgan fingerprint density at radius 1 is 1.38 bits per heavy atom. The van der Waals surface area contributed by atoms with Gasteiger partial charge >= 0.3 is 6.03 Å². The van der Waals surface area contributed by atoms with Crippen molar-refractivity contribution in [2.45, 2.75) is 25.9 Å². The van der Waals surface area contributed by atoms with Crippen LogP contribution in [0, 0.1) is 0 Å². The summed E-state index contributed by atoms with van der Waals surface area (Å²) in [5.74, 6) is 0. The third kappa shape index (κ3) is 4.61. The zero-order chi connectivity index (χ0) is 15.1. The van der Waals surface area contributed by atoms with Crippen LogP contribution in [0.3, 0.4) is 0 Å². The summed E-state index contributed by atoms with van der Waals surface area (Å²) in [7, 11) is 0. The predicted octanol–water partition coefficient (Wildman–Crippen LogP) is 1.44. The van der Waals surface area contributed by atoms with Crippen LogP contribution in [0.5, 0.6) is 0 Å². The third-order valence-corrected chi connectivity index (χ3v) is 3.13. The molecule has 2 aromatic rings. The SMILES string of the molecule is C[C@H](CCO)NC(=O)NCc1ccc(-n2ccnc2)cc1. The van der Waals surface area contributed by atoms with E-state index in [1.807, 2.05) is 42.0 Å². The van der Waals surface area contributed by atoms with Crippen molar-refractivity contribution >= 4 is 6.03 Å². The highest BCUT2D eigenvalue weighted by atomic mass is 16.3. The van der Waals surface area contributed by atoms with Crippen LogP contribution in [0.4, 0.5) is 4.79 Å². The van der Waals surface area contributed by atoms with Gasteiger partial charge < -0.3 is 20.3 Å². The molecule has 0 aliphatic rings. The Labute approximate surface area is 123 Å². The Morgan fingerprint density at radius 2 is 2.14 bits per heavy atom. The molecule has 1 aromatic carbocycles. The van der Waals surface area contributed by atoms with Crippen LogP contribution in [-0.4, -0.2) is 33.3 Å². The number of amides is 2. The number of benzene rings is 1. The second kappa shape index (κ2) is 7.44. The van der Waals surface area contributed by atoms with E-state index in [-0.39, 0.29) is 18.7 Å². The number of carbonyl (C=O) groups excluding carboxylic acids is 1. The lowest BCUT2D eigenvalue weighted by molar-refractivity contribution is 0.230. The smallest absolute Gasteiger partial charge is 0.315 e. The number of urea groups is 1. The van der Waals surface area contributed by atoms with Crippen molar-refractivity contribution in [2.24, 2.45) is 0 Å². The minimum Gasteiger partial charge on any atom is -0.396 e. The number of nitrogens with zero attached hydrogens (tertiary/aromatic N) is 2. The maximum absolute atomic E-state index is 11.6. The molecule has 0 aliphatic carbocycles. The molecule has 1 atom stereocenters. The van der Waals surface area contributed by atoms with E-state index in [4.69, 9.17) is 5.11 Å². The number of aliphatic hydroxyl groups is 1. The molecule has 1 aromatic heterocycles. The van der Waals surface area contributed by atoms with Crippen LogP contribution in [0.2, 0.25) is 0 Å². The van der Waals surface area contributed by atoms with Crippen LogP contribution in [0.25, 0.3) is 5.69 Å². The first-order valence-corrected chi connectivity index (χ1v) is 6.91. The first kappa shape index (κ1) is 15.1. The van der Waals surface area contributed by atoms with Gasteiger partial charge in [0.15, 0.2) is 0 Å². The molecule has 0 saturated carbocycles. The molecule has 6 nitrogen and oxygen atoms in total. The standard InChI is InChI=1S/C15H20N4O2/c1-12(6-9-20)18-15(21)17-10-13-2-4-14(5-3-13)19-8-7-16-11-19/h2-5,7-8,11-12,20H,6,9-10H2,1H3,(H2,17,18,21)/t12-/m1/s1. The fourth-order valence-corrected chi connectivity index (χ4v) is 1.92. The molecule has 0 unspecified atom stereocenters. The Bertz CT molecular complexity index is 552.